The predicted octanol–water partition coefficient (Wildman–Crippen LogP) is 3.22. The Morgan fingerprint density at radius 2 is 2.00 bits per heavy atom. The highest BCUT2D eigenvalue weighted by Gasteiger charge is 2.37. The van der Waals surface area contributed by atoms with E-state index in [9.17, 15) is 14.7 Å². The zero-order valence-electron chi connectivity index (χ0n) is 13.2. The van der Waals surface area contributed by atoms with Crippen LogP contribution in [0.3, 0.4) is 0 Å². The van der Waals surface area contributed by atoms with Crippen LogP contribution in [-0.2, 0) is 9.59 Å². The molecule has 1 aliphatic carbocycles. The molecule has 20 heavy (non-hydrogen) atoms. The minimum Gasteiger partial charge on any atom is -0.386 e. The molecule has 2 unspecified atom stereocenters. The number of Topliss-reactive ketones (excluding diaryl/α,β-unsaturated/α-hetero) is 2. The number of ketones is 2. The third-order valence-corrected chi connectivity index (χ3v) is 4.08. The van der Waals surface area contributed by atoms with Gasteiger partial charge in [-0.25, -0.2) is 0 Å². The lowest BCUT2D eigenvalue weighted by molar-refractivity contribution is -0.132. The monoisotopic (exact) mass is 278 g/mol. The maximum atomic E-state index is 12.4. The fourth-order valence-corrected chi connectivity index (χ4v) is 3.02. The average molecular weight is 278 g/mol. The van der Waals surface area contributed by atoms with Crippen LogP contribution in [0.25, 0.3) is 0 Å². The summed E-state index contributed by atoms with van der Waals surface area (Å²) in [6, 6.07) is 0. The number of allylic oxidation sites excluding steroid dienone is 4. The second-order valence-electron chi connectivity index (χ2n) is 6.31. The van der Waals surface area contributed by atoms with E-state index in [0.29, 0.717) is 6.42 Å². The summed E-state index contributed by atoms with van der Waals surface area (Å²) < 4.78 is 0. The normalized spacial score (nSPS) is 20.7. The number of hydrogen-bond donors (Lipinski definition) is 1. The van der Waals surface area contributed by atoms with Crippen LogP contribution in [0, 0.1) is 11.3 Å². The van der Waals surface area contributed by atoms with Gasteiger partial charge in [0.15, 0.2) is 5.78 Å². The quantitative estimate of drug-likeness (QED) is 0.811. The molecule has 2 atom stereocenters. The van der Waals surface area contributed by atoms with Gasteiger partial charge in [0.1, 0.15) is 11.9 Å². The van der Waals surface area contributed by atoms with Crippen LogP contribution in [0.5, 0.6) is 0 Å². The molecule has 0 aliphatic heterocycles. The molecule has 0 saturated carbocycles. The largest absolute Gasteiger partial charge is 0.386 e. The number of carbonyl (C=O) groups is 2. The van der Waals surface area contributed by atoms with E-state index >= 15 is 0 Å². The van der Waals surface area contributed by atoms with Crippen molar-refractivity contribution < 1.29 is 14.7 Å². The Balaban J connectivity index is 3.25. The molecule has 0 aromatic heterocycles. The van der Waals surface area contributed by atoms with E-state index in [1.54, 1.807) is 6.92 Å². The molecular weight excluding hydrogens is 252 g/mol. The smallest absolute Gasteiger partial charge is 0.168 e. The highest BCUT2D eigenvalue weighted by Crippen LogP contribution is 2.43. The number of hydrogen-bond acceptors (Lipinski definition) is 3. The van der Waals surface area contributed by atoms with Crippen LogP contribution in [0.15, 0.2) is 23.3 Å². The molecular formula is C17H26O3. The fraction of sp³-hybridized carbons (Fsp3) is 0.647. The molecule has 112 valence electrons. The first-order chi connectivity index (χ1) is 9.20. The van der Waals surface area contributed by atoms with Crippen LogP contribution >= 0.6 is 0 Å². The van der Waals surface area contributed by atoms with Gasteiger partial charge in [-0.1, -0.05) is 44.1 Å². The molecule has 3 nitrogen and oxygen atoms in total. The molecule has 0 bridgehead atoms. The maximum absolute atomic E-state index is 12.4. The summed E-state index contributed by atoms with van der Waals surface area (Å²) in [4.78, 5) is 24.2. The van der Waals surface area contributed by atoms with Crippen LogP contribution < -0.4 is 0 Å². The van der Waals surface area contributed by atoms with E-state index in [2.05, 4.69) is 19.9 Å². The predicted molar refractivity (Wildman–Crippen MR) is 80.3 cm³/mol. The molecule has 1 N–H and O–H groups in total. The first-order valence-corrected chi connectivity index (χ1v) is 7.32. The molecule has 0 aromatic carbocycles. The average Bonchev–Trinajstić information content (AvgIpc) is 2.35. The van der Waals surface area contributed by atoms with Crippen molar-refractivity contribution in [2.75, 3.05) is 0 Å². The third-order valence-electron chi connectivity index (χ3n) is 4.08. The van der Waals surface area contributed by atoms with Gasteiger partial charge in [-0.05, 0) is 25.7 Å². The van der Waals surface area contributed by atoms with Crippen molar-refractivity contribution in [3.63, 3.8) is 0 Å². The molecule has 0 radical (unpaired) electrons. The van der Waals surface area contributed by atoms with Crippen LogP contribution in [0.4, 0.5) is 0 Å². The van der Waals surface area contributed by atoms with Crippen molar-refractivity contribution in [1.82, 2.24) is 0 Å². The van der Waals surface area contributed by atoms with Gasteiger partial charge < -0.3 is 5.11 Å². The van der Waals surface area contributed by atoms with E-state index in [1.807, 2.05) is 13.0 Å². The molecule has 0 fully saturated rings. The minimum atomic E-state index is -1.04. The topological polar surface area (TPSA) is 54.4 Å². The maximum Gasteiger partial charge on any atom is 0.168 e. The molecule has 0 heterocycles. The van der Waals surface area contributed by atoms with Crippen LogP contribution in [-0.4, -0.2) is 22.8 Å². The summed E-state index contributed by atoms with van der Waals surface area (Å²) in [7, 11) is 0. The van der Waals surface area contributed by atoms with Crippen molar-refractivity contribution in [3.8, 4) is 0 Å². The molecule has 0 aromatic rings. The zero-order valence-corrected chi connectivity index (χ0v) is 13.2. The summed E-state index contributed by atoms with van der Waals surface area (Å²) in [6.45, 7) is 9.44. The Hall–Kier alpha value is -1.22. The van der Waals surface area contributed by atoms with Gasteiger partial charge >= 0.3 is 0 Å². The second-order valence-corrected chi connectivity index (χ2v) is 6.31. The van der Waals surface area contributed by atoms with Gasteiger partial charge in [-0.15, -0.1) is 0 Å². The summed E-state index contributed by atoms with van der Waals surface area (Å²) in [5, 5.41) is 9.66. The highest BCUT2D eigenvalue weighted by atomic mass is 16.3. The second kappa shape index (κ2) is 6.49. The van der Waals surface area contributed by atoms with Crippen molar-refractivity contribution in [2.45, 2.75) is 60.0 Å². The fourth-order valence-electron chi connectivity index (χ4n) is 3.02. The molecule has 0 spiro atoms. The first kappa shape index (κ1) is 16.8. The zero-order chi connectivity index (χ0) is 15.5. The van der Waals surface area contributed by atoms with Crippen molar-refractivity contribution >= 4 is 11.6 Å². The molecule has 3 heteroatoms. The van der Waals surface area contributed by atoms with E-state index in [-0.39, 0.29) is 23.4 Å². The number of aliphatic hydroxyl groups is 1. The summed E-state index contributed by atoms with van der Waals surface area (Å²) in [6.07, 6.45) is 4.55. The van der Waals surface area contributed by atoms with Gasteiger partial charge in [0.2, 0.25) is 0 Å². The molecule has 0 amide bonds. The molecule has 1 aliphatic rings. The Bertz CT molecular complexity index is 453. The Morgan fingerprint density at radius 3 is 2.45 bits per heavy atom. The summed E-state index contributed by atoms with van der Waals surface area (Å²) in [5.74, 6) is -0.679. The van der Waals surface area contributed by atoms with Crippen molar-refractivity contribution in [1.29, 1.82) is 0 Å². The molecule has 0 saturated heterocycles. The van der Waals surface area contributed by atoms with Crippen molar-refractivity contribution in [3.05, 3.63) is 23.3 Å². The number of rotatable bonds is 6. The van der Waals surface area contributed by atoms with Crippen LogP contribution in [0.2, 0.25) is 0 Å². The number of carbonyl (C=O) groups excluding carboxylic acids is 2. The van der Waals surface area contributed by atoms with Gasteiger partial charge in [0.25, 0.3) is 0 Å². The third kappa shape index (κ3) is 3.66. The van der Waals surface area contributed by atoms with E-state index in [1.165, 1.54) is 6.92 Å². The molecule has 1 rings (SSSR count). The van der Waals surface area contributed by atoms with Crippen LogP contribution in [0.1, 0.15) is 53.9 Å². The first-order valence-electron chi connectivity index (χ1n) is 7.32. The number of aliphatic hydroxyl groups excluding tert-OH is 1. The van der Waals surface area contributed by atoms with Gasteiger partial charge in [-0.3, -0.25) is 9.59 Å². The van der Waals surface area contributed by atoms with Crippen molar-refractivity contribution in [2.24, 2.45) is 11.3 Å². The standard InChI is InChI=1S/C17H26O3/c1-6-13(19)10-14(16(20)12(3)18)15-11(2)8-7-9-17(15,4)5/h7-8,12,14,18H,6,9-10H2,1-5H3. The highest BCUT2D eigenvalue weighted by molar-refractivity contribution is 5.92. The lowest BCUT2D eigenvalue weighted by Gasteiger charge is -2.36. The lowest BCUT2D eigenvalue weighted by atomic mass is 9.67. The summed E-state index contributed by atoms with van der Waals surface area (Å²) in [5.41, 5.74) is 1.90. The Labute approximate surface area is 121 Å². The lowest BCUT2D eigenvalue weighted by Crippen LogP contribution is -2.35. The Kier molecular flexibility index (Phi) is 5.46. The van der Waals surface area contributed by atoms with E-state index in [0.717, 1.165) is 17.6 Å². The van der Waals surface area contributed by atoms with Gasteiger partial charge in [-0.2, -0.15) is 0 Å². The van der Waals surface area contributed by atoms with Gasteiger partial charge in [0.05, 0.1) is 0 Å². The SMILES string of the molecule is CCC(=O)CC(C(=O)C(C)O)C1=C(C)C=CCC1(C)C. The van der Waals surface area contributed by atoms with E-state index < -0.39 is 12.0 Å². The van der Waals surface area contributed by atoms with Gasteiger partial charge in [0, 0.05) is 18.8 Å². The van der Waals surface area contributed by atoms with E-state index in [4.69, 9.17) is 0 Å². The summed E-state index contributed by atoms with van der Waals surface area (Å²) >= 11 is 0. The Morgan fingerprint density at radius 1 is 1.40 bits per heavy atom. The minimum absolute atomic E-state index is 0.0645.